The molecule has 7 heteroatoms. The Balaban J connectivity index is 1.64. The maximum absolute atomic E-state index is 5.94. The Bertz CT molecular complexity index is 635. The number of aryl methyl sites for hydroxylation is 1. The maximum Gasteiger partial charge on any atom is 0.176 e. The van der Waals surface area contributed by atoms with Gasteiger partial charge in [-0.1, -0.05) is 0 Å². The van der Waals surface area contributed by atoms with Gasteiger partial charge < -0.3 is 14.4 Å². The van der Waals surface area contributed by atoms with Gasteiger partial charge in [0.15, 0.2) is 11.5 Å². The molecular weight excluding hydrogens is 258 g/mol. The summed E-state index contributed by atoms with van der Waals surface area (Å²) in [4.78, 5) is 6.54. The number of ether oxygens (including phenoxy) is 2. The molecule has 0 bridgehead atoms. The van der Waals surface area contributed by atoms with Gasteiger partial charge in [0.05, 0.1) is 19.8 Å². The van der Waals surface area contributed by atoms with Gasteiger partial charge in [0.2, 0.25) is 0 Å². The summed E-state index contributed by atoms with van der Waals surface area (Å²) in [6, 6.07) is 3.95. The second-order valence-corrected chi connectivity index (χ2v) is 5.45. The Kier molecular flexibility index (Phi) is 2.64. The van der Waals surface area contributed by atoms with Crippen LogP contribution < -0.4 is 4.90 Å². The van der Waals surface area contributed by atoms with Gasteiger partial charge in [0.1, 0.15) is 11.4 Å². The van der Waals surface area contributed by atoms with E-state index in [1.807, 2.05) is 19.1 Å². The number of hydrogen-bond acceptors (Lipinski definition) is 6. The van der Waals surface area contributed by atoms with E-state index in [0.29, 0.717) is 13.2 Å². The first-order valence-corrected chi connectivity index (χ1v) is 6.92. The van der Waals surface area contributed by atoms with Crippen molar-refractivity contribution >= 4 is 11.5 Å². The van der Waals surface area contributed by atoms with E-state index in [1.165, 1.54) is 0 Å². The largest absolute Gasteiger partial charge is 0.378 e. The van der Waals surface area contributed by atoms with E-state index in [4.69, 9.17) is 9.47 Å². The van der Waals surface area contributed by atoms with Crippen LogP contribution in [0.3, 0.4) is 0 Å². The quantitative estimate of drug-likeness (QED) is 0.752. The highest BCUT2D eigenvalue weighted by atomic mass is 16.6. The summed E-state index contributed by atoms with van der Waals surface area (Å²) < 4.78 is 13.0. The van der Waals surface area contributed by atoms with Gasteiger partial charge in [0.25, 0.3) is 0 Å². The fraction of sp³-hybridized carbons (Fsp3) is 0.615. The third-order valence-electron chi connectivity index (χ3n) is 3.94. The molecule has 20 heavy (non-hydrogen) atoms. The van der Waals surface area contributed by atoms with Crippen molar-refractivity contribution in [2.24, 2.45) is 0 Å². The minimum Gasteiger partial charge on any atom is -0.378 e. The van der Waals surface area contributed by atoms with Crippen LogP contribution >= 0.6 is 0 Å². The SMILES string of the molecule is Cc1nc2ccc(N3CCOC4(CCOC4)C3)nn2n1. The van der Waals surface area contributed by atoms with E-state index in [9.17, 15) is 0 Å². The first-order valence-electron chi connectivity index (χ1n) is 6.92. The average Bonchev–Trinajstić information content (AvgIpc) is 3.04. The van der Waals surface area contributed by atoms with E-state index in [0.717, 1.165) is 43.4 Å². The van der Waals surface area contributed by atoms with Gasteiger partial charge >= 0.3 is 0 Å². The highest BCUT2D eigenvalue weighted by Crippen LogP contribution is 2.29. The van der Waals surface area contributed by atoms with Crippen LogP contribution in [0, 0.1) is 6.92 Å². The minimum atomic E-state index is -0.160. The van der Waals surface area contributed by atoms with E-state index in [2.05, 4.69) is 20.1 Å². The Morgan fingerprint density at radius 2 is 2.20 bits per heavy atom. The predicted molar refractivity (Wildman–Crippen MR) is 71.9 cm³/mol. The highest BCUT2D eigenvalue weighted by molar-refractivity contribution is 5.46. The molecule has 2 saturated heterocycles. The summed E-state index contributed by atoms with van der Waals surface area (Å²) in [5, 5.41) is 8.82. The summed E-state index contributed by atoms with van der Waals surface area (Å²) in [5.74, 6) is 1.65. The predicted octanol–water partition coefficient (Wildman–Crippen LogP) is 0.428. The van der Waals surface area contributed by atoms with Gasteiger partial charge in [-0.05, 0) is 19.1 Å². The van der Waals surface area contributed by atoms with E-state index < -0.39 is 0 Å². The second kappa shape index (κ2) is 4.39. The van der Waals surface area contributed by atoms with Crippen molar-refractivity contribution in [1.82, 2.24) is 19.8 Å². The topological polar surface area (TPSA) is 64.8 Å². The van der Waals surface area contributed by atoms with Crippen molar-refractivity contribution in [3.63, 3.8) is 0 Å². The molecule has 2 aromatic rings. The lowest BCUT2D eigenvalue weighted by Gasteiger charge is -2.39. The lowest BCUT2D eigenvalue weighted by Crippen LogP contribution is -2.52. The normalized spacial score (nSPS) is 26.8. The maximum atomic E-state index is 5.94. The van der Waals surface area contributed by atoms with Crippen LogP contribution in [-0.4, -0.2) is 58.3 Å². The van der Waals surface area contributed by atoms with Crippen molar-refractivity contribution in [3.05, 3.63) is 18.0 Å². The molecule has 2 aliphatic heterocycles. The van der Waals surface area contributed by atoms with Crippen molar-refractivity contribution in [2.75, 3.05) is 37.8 Å². The fourth-order valence-corrected chi connectivity index (χ4v) is 2.91. The molecule has 2 fully saturated rings. The smallest absolute Gasteiger partial charge is 0.176 e. The van der Waals surface area contributed by atoms with Crippen LogP contribution in [-0.2, 0) is 9.47 Å². The first kappa shape index (κ1) is 12.0. The zero-order chi connectivity index (χ0) is 13.6. The molecule has 0 saturated carbocycles. The monoisotopic (exact) mass is 275 g/mol. The molecule has 1 spiro atoms. The standard InChI is InChI=1S/C13H17N5O2/c1-10-14-11-2-3-12(16-18(11)15-10)17-5-7-20-13(8-17)4-6-19-9-13/h2-3H,4-9H2,1H3. The molecular formula is C13H17N5O2. The van der Waals surface area contributed by atoms with Crippen LogP contribution in [0.5, 0.6) is 0 Å². The highest BCUT2D eigenvalue weighted by Gasteiger charge is 2.40. The van der Waals surface area contributed by atoms with Crippen molar-refractivity contribution < 1.29 is 9.47 Å². The molecule has 2 aliphatic rings. The number of fused-ring (bicyclic) bond motifs is 1. The van der Waals surface area contributed by atoms with Crippen LogP contribution in [0.15, 0.2) is 12.1 Å². The molecule has 0 aliphatic carbocycles. The average molecular weight is 275 g/mol. The van der Waals surface area contributed by atoms with Crippen LogP contribution in [0.1, 0.15) is 12.2 Å². The molecule has 1 atom stereocenters. The van der Waals surface area contributed by atoms with Crippen LogP contribution in [0.2, 0.25) is 0 Å². The second-order valence-electron chi connectivity index (χ2n) is 5.45. The molecule has 7 nitrogen and oxygen atoms in total. The van der Waals surface area contributed by atoms with Crippen molar-refractivity contribution in [3.8, 4) is 0 Å². The molecule has 1 unspecified atom stereocenters. The van der Waals surface area contributed by atoms with Gasteiger partial charge in [-0.15, -0.1) is 14.8 Å². The molecule has 0 aromatic carbocycles. The summed E-state index contributed by atoms with van der Waals surface area (Å²) >= 11 is 0. The summed E-state index contributed by atoms with van der Waals surface area (Å²) in [6.45, 7) is 5.69. The van der Waals surface area contributed by atoms with E-state index in [1.54, 1.807) is 4.63 Å². The van der Waals surface area contributed by atoms with Gasteiger partial charge in [-0.25, -0.2) is 4.98 Å². The molecule has 0 amide bonds. The molecule has 0 N–H and O–H groups in total. The van der Waals surface area contributed by atoms with E-state index in [-0.39, 0.29) is 5.60 Å². The van der Waals surface area contributed by atoms with Gasteiger partial charge in [0, 0.05) is 19.6 Å². The molecule has 0 radical (unpaired) electrons. The Hall–Kier alpha value is -1.73. The lowest BCUT2D eigenvalue weighted by atomic mass is 10.0. The Morgan fingerprint density at radius 3 is 3.05 bits per heavy atom. The zero-order valence-electron chi connectivity index (χ0n) is 11.4. The summed E-state index contributed by atoms with van der Waals surface area (Å²) in [5.41, 5.74) is 0.617. The van der Waals surface area contributed by atoms with Crippen molar-refractivity contribution in [2.45, 2.75) is 18.9 Å². The van der Waals surface area contributed by atoms with Crippen LogP contribution in [0.4, 0.5) is 5.82 Å². The Labute approximate surface area is 116 Å². The zero-order valence-corrected chi connectivity index (χ0v) is 11.4. The van der Waals surface area contributed by atoms with Gasteiger partial charge in [-0.2, -0.15) is 0 Å². The molecule has 2 aromatic heterocycles. The number of aromatic nitrogens is 4. The van der Waals surface area contributed by atoms with Crippen molar-refractivity contribution in [1.29, 1.82) is 0 Å². The number of nitrogens with zero attached hydrogens (tertiary/aromatic N) is 5. The lowest BCUT2D eigenvalue weighted by molar-refractivity contribution is -0.0581. The first-order chi connectivity index (χ1) is 9.74. The number of anilines is 1. The molecule has 106 valence electrons. The number of rotatable bonds is 1. The third kappa shape index (κ3) is 1.94. The van der Waals surface area contributed by atoms with E-state index >= 15 is 0 Å². The van der Waals surface area contributed by atoms with Gasteiger partial charge in [-0.3, -0.25) is 0 Å². The number of hydrogen-bond donors (Lipinski definition) is 0. The molecule has 4 heterocycles. The Morgan fingerprint density at radius 1 is 1.25 bits per heavy atom. The summed E-state index contributed by atoms with van der Waals surface area (Å²) in [6.07, 6.45) is 0.953. The third-order valence-corrected chi connectivity index (χ3v) is 3.94. The molecule has 4 rings (SSSR count). The van der Waals surface area contributed by atoms with Crippen LogP contribution in [0.25, 0.3) is 5.65 Å². The number of morpholine rings is 1. The fourth-order valence-electron chi connectivity index (χ4n) is 2.91. The summed E-state index contributed by atoms with van der Waals surface area (Å²) in [7, 11) is 0. The minimum absolute atomic E-state index is 0.160.